The average Bonchev–Trinajstić information content (AvgIpc) is 3.04. The summed E-state index contributed by atoms with van der Waals surface area (Å²) in [5.74, 6) is -0.0708. The molecule has 1 aliphatic rings. The minimum Gasteiger partial charge on any atom is -0.397 e. The van der Waals surface area contributed by atoms with E-state index in [-0.39, 0.29) is 11.3 Å². The zero-order valence-electron chi connectivity index (χ0n) is 17.2. The molecule has 1 amide bonds. The van der Waals surface area contributed by atoms with E-state index in [4.69, 9.17) is 10.7 Å². The number of thiophene rings is 1. The van der Waals surface area contributed by atoms with Gasteiger partial charge in [-0.2, -0.15) is 0 Å². The molecule has 0 radical (unpaired) electrons. The largest absolute Gasteiger partial charge is 0.397 e. The van der Waals surface area contributed by atoms with Crippen LogP contribution < -0.4 is 5.73 Å². The number of carbonyl (C=O) groups excluding carboxylic acids is 1. The van der Waals surface area contributed by atoms with Gasteiger partial charge in [0.2, 0.25) is 0 Å². The molecule has 0 spiro atoms. The van der Waals surface area contributed by atoms with Crippen molar-refractivity contribution >= 4 is 33.1 Å². The van der Waals surface area contributed by atoms with Crippen LogP contribution in [0.25, 0.3) is 10.2 Å². The summed E-state index contributed by atoms with van der Waals surface area (Å²) in [6.45, 7) is 5.23. The lowest BCUT2D eigenvalue weighted by Crippen LogP contribution is -2.44. The third-order valence-electron chi connectivity index (χ3n) is 5.72. The zero-order chi connectivity index (χ0) is 20.6. The van der Waals surface area contributed by atoms with Gasteiger partial charge in [0.15, 0.2) is 0 Å². The minimum atomic E-state index is -0.0708. The van der Waals surface area contributed by atoms with Gasteiger partial charge in [0, 0.05) is 56.1 Å². The van der Waals surface area contributed by atoms with Crippen molar-refractivity contribution in [3.63, 3.8) is 0 Å². The van der Waals surface area contributed by atoms with Crippen LogP contribution in [0, 0.1) is 0 Å². The first-order valence-corrected chi connectivity index (χ1v) is 10.7. The number of nitrogen functional groups attached to an aromatic ring is 1. The Morgan fingerprint density at radius 3 is 2.90 bits per heavy atom. The van der Waals surface area contributed by atoms with E-state index in [0.717, 1.165) is 48.4 Å². The van der Waals surface area contributed by atoms with Gasteiger partial charge in [-0.25, -0.2) is 4.98 Å². The number of rotatable bonds is 4. The SMILES string of the molecule is CN(C)C(=O)c1sc2nc(C3(C)CCCN(Cc4cccnc4)C3)ccc2c1N. The topological polar surface area (TPSA) is 75.4 Å². The third-order valence-corrected chi connectivity index (χ3v) is 6.82. The van der Waals surface area contributed by atoms with Gasteiger partial charge in [0.1, 0.15) is 9.71 Å². The second-order valence-electron chi connectivity index (χ2n) is 8.33. The van der Waals surface area contributed by atoms with Crippen molar-refractivity contribution < 1.29 is 4.79 Å². The fraction of sp³-hybridized carbons (Fsp3) is 0.409. The molecule has 1 aliphatic heterocycles. The van der Waals surface area contributed by atoms with Crippen LogP contribution in [0.5, 0.6) is 0 Å². The molecular weight excluding hydrogens is 382 g/mol. The molecule has 4 rings (SSSR count). The molecule has 29 heavy (non-hydrogen) atoms. The summed E-state index contributed by atoms with van der Waals surface area (Å²) in [7, 11) is 3.48. The number of amides is 1. The predicted octanol–water partition coefficient (Wildman–Crippen LogP) is 3.53. The van der Waals surface area contributed by atoms with Gasteiger partial charge in [0.05, 0.1) is 5.69 Å². The van der Waals surface area contributed by atoms with E-state index in [9.17, 15) is 4.79 Å². The monoisotopic (exact) mass is 409 g/mol. The molecule has 0 aromatic carbocycles. The van der Waals surface area contributed by atoms with Crippen LogP contribution in [0.15, 0.2) is 36.7 Å². The Hall–Kier alpha value is -2.51. The number of piperidine rings is 1. The smallest absolute Gasteiger partial charge is 0.265 e. The van der Waals surface area contributed by atoms with Crippen molar-refractivity contribution in [1.29, 1.82) is 0 Å². The quantitative estimate of drug-likeness (QED) is 0.713. The number of fused-ring (bicyclic) bond motifs is 1. The highest BCUT2D eigenvalue weighted by atomic mass is 32.1. The summed E-state index contributed by atoms with van der Waals surface area (Å²) >= 11 is 1.39. The summed E-state index contributed by atoms with van der Waals surface area (Å²) < 4.78 is 0. The Balaban J connectivity index is 1.61. The van der Waals surface area contributed by atoms with E-state index in [0.29, 0.717) is 10.6 Å². The van der Waals surface area contributed by atoms with Crippen LogP contribution in [-0.4, -0.2) is 52.9 Å². The van der Waals surface area contributed by atoms with Crippen molar-refractivity contribution in [2.24, 2.45) is 0 Å². The van der Waals surface area contributed by atoms with Crippen LogP contribution in [0.2, 0.25) is 0 Å². The molecule has 2 N–H and O–H groups in total. The second kappa shape index (κ2) is 7.72. The Labute approximate surface area is 175 Å². The van der Waals surface area contributed by atoms with Gasteiger partial charge in [-0.1, -0.05) is 13.0 Å². The lowest BCUT2D eigenvalue weighted by molar-refractivity contribution is 0.0833. The normalized spacial score (nSPS) is 20.1. The molecule has 0 bridgehead atoms. The van der Waals surface area contributed by atoms with E-state index in [1.54, 1.807) is 19.0 Å². The number of hydrogen-bond acceptors (Lipinski definition) is 6. The summed E-state index contributed by atoms with van der Waals surface area (Å²) in [6, 6.07) is 8.23. The summed E-state index contributed by atoms with van der Waals surface area (Å²) in [5, 5.41) is 0.871. The number of pyridine rings is 2. The summed E-state index contributed by atoms with van der Waals surface area (Å²) in [4.78, 5) is 27.1. The molecule has 152 valence electrons. The van der Waals surface area contributed by atoms with Gasteiger partial charge in [-0.05, 0) is 43.1 Å². The van der Waals surface area contributed by atoms with Crippen molar-refractivity contribution in [2.45, 2.75) is 31.7 Å². The molecule has 1 atom stereocenters. The number of hydrogen-bond donors (Lipinski definition) is 1. The van der Waals surface area contributed by atoms with Gasteiger partial charge >= 0.3 is 0 Å². The zero-order valence-corrected chi connectivity index (χ0v) is 18.0. The van der Waals surface area contributed by atoms with Crippen LogP contribution in [0.3, 0.4) is 0 Å². The van der Waals surface area contributed by atoms with E-state index < -0.39 is 0 Å². The summed E-state index contributed by atoms with van der Waals surface area (Å²) in [5.41, 5.74) is 9.07. The molecule has 3 aromatic heterocycles. The van der Waals surface area contributed by atoms with Crippen LogP contribution >= 0.6 is 11.3 Å². The molecule has 0 aliphatic carbocycles. The number of aromatic nitrogens is 2. The number of carbonyl (C=O) groups is 1. The fourth-order valence-electron chi connectivity index (χ4n) is 4.13. The fourth-order valence-corrected chi connectivity index (χ4v) is 5.25. The van der Waals surface area contributed by atoms with Crippen molar-refractivity contribution in [2.75, 3.05) is 32.9 Å². The lowest BCUT2D eigenvalue weighted by Gasteiger charge is -2.40. The highest BCUT2D eigenvalue weighted by Gasteiger charge is 2.34. The number of anilines is 1. The van der Waals surface area contributed by atoms with Gasteiger partial charge in [-0.15, -0.1) is 11.3 Å². The molecule has 7 heteroatoms. The molecule has 1 saturated heterocycles. The Morgan fingerprint density at radius 2 is 2.17 bits per heavy atom. The molecule has 0 saturated carbocycles. The van der Waals surface area contributed by atoms with E-state index >= 15 is 0 Å². The van der Waals surface area contributed by atoms with Gasteiger partial charge < -0.3 is 10.6 Å². The van der Waals surface area contributed by atoms with Crippen molar-refractivity contribution in [3.05, 3.63) is 52.8 Å². The number of nitrogens with zero attached hydrogens (tertiary/aromatic N) is 4. The van der Waals surface area contributed by atoms with Crippen molar-refractivity contribution in [3.8, 4) is 0 Å². The van der Waals surface area contributed by atoms with Crippen LogP contribution in [0.4, 0.5) is 5.69 Å². The molecule has 4 heterocycles. The Bertz CT molecular complexity index is 1030. The molecule has 6 nitrogen and oxygen atoms in total. The van der Waals surface area contributed by atoms with E-state index in [2.05, 4.69) is 28.9 Å². The highest BCUT2D eigenvalue weighted by molar-refractivity contribution is 7.21. The minimum absolute atomic E-state index is 0.0286. The number of nitrogens with two attached hydrogens (primary N) is 1. The van der Waals surface area contributed by atoms with E-state index in [1.807, 2.05) is 24.5 Å². The lowest BCUT2D eigenvalue weighted by atomic mass is 9.78. The average molecular weight is 410 g/mol. The van der Waals surface area contributed by atoms with Gasteiger partial charge in [-0.3, -0.25) is 14.7 Å². The Kier molecular flexibility index (Phi) is 5.27. The maximum Gasteiger partial charge on any atom is 0.265 e. The molecular formula is C22H27N5OS. The van der Waals surface area contributed by atoms with Crippen LogP contribution in [-0.2, 0) is 12.0 Å². The van der Waals surface area contributed by atoms with Crippen LogP contribution in [0.1, 0.15) is 40.7 Å². The first kappa shape index (κ1) is 19.8. The third kappa shape index (κ3) is 3.84. The number of likely N-dealkylation sites (tertiary alicyclic amines) is 1. The Morgan fingerprint density at radius 1 is 1.34 bits per heavy atom. The molecule has 1 unspecified atom stereocenters. The summed E-state index contributed by atoms with van der Waals surface area (Å²) in [6.07, 6.45) is 5.98. The molecule has 1 fully saturated rings. The first-order chi connectivity index (χ1) is 13.9. The van der Waals surface area contributed by atoms with Crippen molar-refractivity contribution in [1.82, 2.24) is 19.8 Å². The maximum absolute atomic E-state index is 12.4. The molecule has 3 aromatic rings. The van der Waals surface area contributed by atoms with Gasteiger partial charge in [0.25, 0.3) is 5.91 Å². The first-order valence-electron chi connectivity index (χ1n) is 9.90. The predicted molar refractivity (Wildman–Crippen MR) is 118 cm³/mol. The maximum atomic E-state index is 12.4. The van der Waals surface area contributed by atoms with E-state index in [1.165, 1.54) is 16.9 Å². The highest BCUT2D eigenvalue weighted by Crippen LogP contribution is 2.38. The standard InChI is InChI=1S/C22H27N5OS/c1-22(9-5-11-27(14-22)13-15-6-4-10-24-12-15)17-8-7-16-18(23)19(21(28)26(2)3)29-20(16)25-17/h4,6-8,10,12H,5,9,11,13-14,23H2,1-3H3. The second-order valence-corrected chi connectivity index (χ2v) is 9.33.